The fourth-order valence-corrected chi connectivity index (χ4v) is 0.724. The Bertz CT molecular complexity index is 173. The fraction of sp³-hybridized carbons (Fsp3) is 0.556. The molecule has 0 aliphatic rings. The number of esters is 2. The van der Waals surface area contributed by atoms with Crippen LogP contribution in [0, 0.1) is 0 Å². The van der Waals surface area contributed by atoms with Crippen molar-refractivity contribution >= 4 is 11.9 Å². The molecule has 0 aromatic heterocycles. The van der Waals surface area contributed by atoms with E-state index in [-0.39, 0.29) is 0 Å². The van der Waals surface area contributed by atoms with E-state index in [2.05, 4.69) is 11.3 Å². The van der Waals surface area contributed by atoms with Crippen molar-refractivity contribution in [3.8, 4) is 0 Å². The molecule has 0 radical (unpaired) electrons. The van der Waals surface area contributed by atoms with Crippen molar-refractivity contribution in [1.29, 1.82) is 0 Å². The van der Waals surface area contributed by atoms with Gasteiger partial charge in [-0.05, 0) is 6.42 Å². The van der Waals surface area contributed by atoms with E-state index in [1.807, 2.05) is 6.92 Å². The maximum Gasteiger partial charge on any atom is 0.337 e. The number of carbonyl (C=O) groups excluding carboxylic acids is 2. The molecule has 0 aromatic rings. The van der Waals surface area contributed by atoms with Crippen LogP contribution in [-0.2, 0) is 14.3 Å². The first-order chi connectivity index (χ1) is 5.70. The summed E-state index contributed by atoms with van der Waals surface area (Å²) in [6, 6.07) is 0. The van der Waals surface area contributed by atoms with Crippen molar-refractivity contribution in [2.45, 2.75) is 32.6 Å². The van der Waals surface area contributed by atoms with E-state index in [9.17, 15) is 9.59 Å². The molecule has 0 aliphatic heterocycles. The smallest absolute Gasteiger partial charge is 0.337 e. The third-order valence-electron chi connectivity index (χ3n) is 1.37. The van der Waals surface area contributed by atoms with Crippen LogP contribution < -0.4 is 0 Å². The summed E-state index contributed by atoms with van der Waals surface area (Å²) in [5.41, 5.74) is 0. The Morgan fingerprint density at radius 2 is 2.08 bits per heavy atom. The Kier molecular flexibility index (Phi) is 5.97. The summed E-state index contributed by atoms with van der Waals surface area (Å²) in [4.78, 5) is 21.3. The van der Waals surface area contributed by atoms with Crippen LogP contribution in [0.25, 0.3) is 0 Å². The first kappa shape index (κ1) is 10.9. The van der Waals surface area contributed by atoms with Crippen LogP contribution in [0.1, 0.15) is 32.6 Å². The van der Waals surface area contributed by atoms with Gasteiger partial charge in [0.25, 0.3) is 0 Å². The second-order valence-electron chi connectivity index (χ2n) is 2.45. The number of hydrogen-bond donors (Lipinski definition) is 0. The summed E-state index contributed by atoms with van der Waals surface area (Å²) >= 11 is 0. The molecular weight excluding hydrogens is 156 g/mol. The predicted octanol–water partition coefficient (Wildman–Crippen LogP) is 1.82. The standard InChI is InChI=1S/C9H14O3/c1-3-5-6-7-9(11)12-8(10)4-2/h4H,2-3,5-7H2,1H3. The first-order valence-corrected chi connectivity index (χ1v) is 4.07. The number of unbranched alkanes of at least 4 members (excludes halogenated alkanes) is 2. The number of rotatable bonds is 5. The topological polar surface area (TPSA) is 43.4 Å². The third-order valence-corrected chi connectivity index (χ3v) is 1.37. The van der Waals surface area contributed by atoms with Crippen LogP contribution >= 0.6 is 0 Å². The Labute approximate surface area is 72.4 Å². The van der Waals surface area contributed by atoms with Gasteiger partial charge < -0.3 is 4.74 Å². The lowest BCUT2D eigenvalue weighted by Gasteiger charge is -1.98. The van der Waals surface area contributed by atoms with Gasteiger partial charge in [0, 0.05) is 12.5 Å². The minimum atomic E-state index is -0.670. The molecule has 0 fully saturated rings. The zero-order valence-corrected chi connectivity index (χ0v) is 7.34. The summed E-state index contributed by atoms with van der Waals surface area (Å²) in [5.74, 6) is -1.13. The molecule has 0 heterocycles. The number of hydrogen-bond acceptors (Lipinski definition) is 3. The van der Waals surface area contributed by atoms with Gasteiger partial charge in [-0.1, -0.05) is 26.3 Å². The molecule has 0 rings (SSSR count). The molecule has 0 N–H and O–H groups in total. The summed E-state index contributed by atoms with van der Waals surface area (Å²) in [5, 5.41) is 0. The maximum absolute atomic E-state index is 10.8. The van der Waals surface area contributed by atoms with Gasteiger partial charge in [0.2, 0.25) is 0 Å². The summed E-state index contributed by atoms with van der Waals surface area (Å²) in [6.45, 7) is 5.23. The highest BCUT2D eigenvalue weighted by Crippen LogP contribution is 2.00. The molecule has 3 nitrogen and oxygen atoms in total. The van der Waals surface area contributed by atoms with Crippen LogP contribution in [0.15, 0.2) is 12.7 Å². The Morgan fingerprint density at radius 1 is 1.42 bits per heavy atom. The van der Waals surface area contributed by atoms with Crippen LogP contribution in [0.5, 0.6) is 0 Å². The molecule has 68 valence electrons. The Balaban J connectivity index is 3.46. The molecule has 12 heavy (non-hydrogen) atoms. The molecule has 0 amide bonds. The normalized spacial score (nSPS) is 9.08. The van der Waals surface area contributed by atoms with Gasteiger partial charge >= 0.3 is 11.9 Å². The number of ether oxygens (including phenoxy) is 1. The Morgan fingerprint density at radius 3 is 2.58 bits per heavy atom. The lowest BCUT2D eigenvalue weighted by molar-refractivity contribution is -0.156. The second kappa shape index (κ2) is 6.58. The van der Waals surface area contributed by atoms with E-state index in [1.165, 1.54) is 0 Å². The zero-order chi connectivity index (χ0) is 9.40. The molecule has 0 bridgehead atoms. The monoisotopic (exact) mass is 170 g/mol. The van der Waals surface area contributed by atoms with Gasteiger partial charge in [-0.25, -0.2) is 4.79 Å². The lowest BCUT2D eigenvalue weighted by atomic mass is 10.2. The summed E-state index contributed by atoms with van der Waals surface area (Å²) in [7, 11) is 0. The third kappa shape index (κ3) is 5.65. The minimum absolute atomic E-state index is 0.313. The minimum Gasteiger partial charge on any atom is -0.390 e. The van der Waals surface area contributed by atoms with Crippen molar-refractivity contribution in [1.82, 2.24) is 0 Å². The zero-order valence-electron chi connectivity index (χ0n) is 7.34. The van der Waals surface area contributed by atoms with Crippen LogP contribution in [0.3, 0.4) is 0 Å². The van der Waals surface area contributed by atoms with Crippen LogP contribution in [-0.4, -0.2) is 11.9 Å². The van der Waals surface area contributed by atoms with Crippen LogP contribution in [0.4, 0.5) is 0 Å². The van der Waals surface area contributed by atoms with E-state index < -0.39 is 11.9 Å². The summed E-state index contributed by atoms with van der Waals surface area (Å²) in [6.07, 6.45) is 4.10. The largest absolute Gasteiger partial charge is 0.390 e. The van der Waals surface area contributed by atoms with Gasteiger partial charge in [-0.15, -0.1) is 0 Å². The van der Waals surface area contributed by atoms with Gasteiger partial charge in [0.1, 0.15) is 0 Å². The summed E-state index contributed by atoms with van der Waals surface area (Å²) < 4.78 is 4.35. The highest BCUT2D eigenvalue weighted by Gasteiger charge is 2.05. The molecule has 0 aliphatic carbocycles. The molecule has 0 saturated carbocycles. The van der Waals surface area contributed by atoms with Crippen molar-refractivity contribution in [2.24, 2.45) is 0 Å². The highest BCUT2D eigenvalue weighted by atomic mass is 16.6. The average Bonchev–Trinajstić information content (AvgIpc) is 2.05. The van der Waals surface area contributed by atoms with Gasteiger partial charge in [-0.3, -0.25) is 4.79 Å². The second-order valence-corrected chi connectivity index (χ2v) is 2.45. The molecular formula is C9H14O3. The van der Waals surface area contributed by atoms with Gasteiger partial charge in [0.05, 0.1) is 0 Å². The van der Waals surface area contributed by atoms with Crippen molar-refractivity contribution in [3.05, 3.63) is 12.7 Å². The SMILES string of the molecule is C=CC(=O)OC(=O)CCCCC. The van der Waals surface area contributed by atoms with Crippen molar-refractivity contribution in [2.75, 3.05) is 0 Å². The quantitative estimate of drug-likeness (QED) is 0.273. The van der Waals surface area contributed by atoms with Crippen molar-refractivity contribution in [3.63, 3.8) is 0 Å². The van der Waals surface area contributed by atoms with E-state index in [0.29, 0.717) is 6.42 Å². The molecule has 0 saturated heterocycles. The first-order valence-electron chi connectivity index (χ1n) is 4.07. The van der Waals surface area contributed by atoms with E-state index in [0.717, 1.165) is 25.3 Å². The maximum atomic E-state index is 10.8. The molecule has 0 atom stereocenters. The molecule has 0 spiro atoms. The van der Waals surface area contributed by atoms with Gasteiger partial charge in [-0.2, -0.15) is 0 Å². The number of carbonyl (C=O) groups is 2. The molecule has 3 heteroatoms. The molecule has 0 unspecified atom stereocenters. The predicted molar refractivity (Wildman–Crippen MR) is 45.4 cm³/mol. The van der Waals surface area contributed by atoms with E-state index in [4.69, 9.17) is 0 Å². The van der Waals surface area contributed by atoms with Crippen LogP contribution in [0.2, 0.25) is 0 Å². The Hall–Kier alpha value is -1.12. The average molecular weight is 170 g/mol. The highest BCUT2D eigenvalue weighted by molar-refractivity contribution is 5.91. The van der Waals surface area contributed by atoms with E-state index in [1.54, 1.807) is 0 Å². The van der Waals surface area contributed by atoms with Crippen molar-refractivity contribution < 1.29 is 14.3 Å². The fourth-order valence-electron chi connectivity index (χ4n) is 0.724. The van der Waals surface area contributed by atoms with E-state index >= 15 is 0 Å². The lowest BCUT2D eigenvalue weighted by Crippen LogP contribution is -2.09. The molecule has 0 aromatic carbocycles. The van der Waals surface area contributed by atoms with Gasteiger partial charge in [0.15, 0.2) is 0 Å².